The largest absolute Gasteiger partial charge is 0.338 e. The fraction of sp³-hybridized carbons (Fsp3) is 0.381. The molecule has 6 heteroatoms. The maximum Gasteiger partial charge on any atom is 0.264 e. The van der Waals surface area contributed by atoms with Crippen molar-refractivity contribution in [2.75, 3.05) is 18.4 Å². The summed E-state index contributed by atoms with van der Waals surface area (Å²) in [7, 11) is 0. The zero-order chi connectivity index (χ0) is 20.0. The maximum absolute atomic E-state index is 12.8. The van der Waals surface area contributed by atoms with Crippen molar-refractivity contribution in [2.45, 2.75) is 40.0 Å². The van der Waals surface area contributed by atoms with E-state index in [9.17, 15) is 14.9 Å². The van der Waals surface area contributed by atoms with Crippen LogP contribution in [0.1, 0.15) is 59.5 Å². The fourth-order valence-corrected chi connectivity index (χ4v) is 4.18. The molecule has 0 aliphatic carbocycles. The number of carbonyl (C=O) groups is 2. The van der Waals surface area contributed by atoms with Gasteiger partial charge in [0.1, 0.15) is 11.1 Å². The van der Waals surface area contributed by atoms with Crippen LogP contribution in [0.5, 0.6) is 0 Å². The first-order valence-corrected chi connectivity index (χ1v) is 9.98. The monoisotopic (exact) mass is 383 g/mol. The highest BCUT2D eigenvalue weighted by Gasteiger charge is 2.26. The Morgan fingerprint density at radius 2 is 1.81 bits per heavy atom. The van der Waals surface area contributed by atoms with Gasteiger partial charge in [0, 0.05) is 13.1 Å². The van der Waals surface area contributed by atoms with Crippen molar-refractivity contribution in [3.63, 3.8) is 0 Å². The normalized spacial score (nSPS) is 11.5. The van der Waals surface area contributed by atoms with E-state index in [0.29, 0.717) is 40.5 Å². The smallest absolute Gasteiger partial charge is 0.264 e. The second kappa shape index (κ2) is 9.33. The van der Waals surface area contributed by atoms with Gasteiger partial charge in [-0.3, -0.25) is 9.59 Å². The zero-order valence-corrected chi connectivity index (χ0v) is 17.0. The molecule has 0 spiro atoms. The molecule has 1 N–H and O–H groups in total. The zero-order valence-electron chi connectivity index (χ0n) is 16.2. The van der Waals surface area contributed by atoms with Crippen molar-refractivity contribution < 1.29 is 9.59 Å². The quantitative estimate of drug-likeness (QED) is 0.763. The Bertz CT molecular complexity index is 848. The molecule has 0 unspecified atom stereocenters. The Kier molecular flexibility index (Phi) is 7.14. The predicted molar refractivity (Wildman–Crippen MR) is 109 cm³/mol. The third-order valence-corrected chi connectivity index (χ3v) is 5.86. The number of carbonyl (C=O) groups excluding carboxylic acids is 2. The molecule has 27 heavy (non-hydrogen) atoms. The van der Waals surface area contributed by atoms with E-state index in [1.807, 2.05) is 51.1 Å². The van der Waals surface area contributed by atoms with E-state index in [-0.39, 0.29) is 17.7 Å². The van der Waals surface area contributed by atoms with Crippen molar-refractivity contribution in [1.82, 2.24) is 4.90 Å². The number of amides is 2. The summed E-state index contributed by atoms with van der Waals surface area (Å²) in [6, 6.07) is 11.7. The lowest BCUT2D eigenvalue weighted by Crippen LogP contribution is -2.30. The number of benzene rings is 1. The van der Waals surface area contributed by atoms with E-state index >= 15 is 0 Å². The van der Waals surface area contributed by atoms with Crippen LogP contribution in [-0.2, 0) is 4.79 Å². The first-order valence-electron chi connectivity index (χ1n) is 9.16. The third-order valence-electron chi connectivity index (χ3n) is 4.67. The molecule has 1 heterocycles. The van der Waals surface area contributed by atoms with Gasteiger partial charge < -0.3 is 10.2 Å². The van der Waals surface area contributed by atoms with Crippen molar-refractivity contribution in [2.24, 2.45) is 0 Å². The number of hydrogen-bond acceptors (Lipinski definition) is 4. The Labute approximate surface area is 164 Å². The molecule has 0 saturated carbocycles. The molecule has 0 saturated heterocycles. The molecule has 0 fully saturated rings. The lowest BCUT2D eigenvalue weighted by atomic mass is 9.96. The van der Waals surface area contributed by atoms with Crippen LogP contribution in [0.3, 0.4) is 0 Å². The molecule has 1 aromatic heterocycles. The molecule has 0 aliphatic heterocycles. The Balaban J connectivity index is 2.33. The molecule has 1 aromatic carbocycles. The highest BCUT2D eigenvalue weighted by molar-refractivity contribution is 7.18. The van der Waals surface area contributed by atoms with Gasteiger partial charge in [0.2, 0.25) is 5.91 Å². The van der Waals surface area contributed by atoms with Gasteiger partial charge in [-0.2, -0.15) is 5.26 Å². The summed E-state index contributed by atoms with van der Waals surface area (Å²) >= 11 is 1.18. The first-order chi connectivity index (χ1) is 13.0. The van der Waals surface area contributed by atoms with Crippen molar-refractivity contribution in [3.05, 3.63) is 51.9 Å². The number of hydrogen-bond donors (Lipinski definition) is 1. The van der Waals surface area contributed by atoms with Crippen LogP contribution >= 0.6 is 11.3 Å². The van der Waals surface area contributed by atoms with Gasteiger partial charge in [-0.05, 0) is 38.3 Å². The van der Waals surface area contributed by atoms with E-state index < -0.39 is 0 Å². The van der Waals surface area contributed by atoms with E-state index in [0.717, 1.165) is 5.56 Å². The lowest BCUT2D eigenvalue weighted by Gasteiger charge is -2.17. The molecule has 2 rings (SSSR count). The minimum Gasteiger partial charge on any atom is -0.338 e. The van der Waals surface area contributed by atoms with Gasteiger partial charge in [0.05, 0.1) is 16.4 Å². The number of rotatable bonds is 7. The number of thiophene rings is 1. The summed E-state index contributed by atoms with van der Waals surface area (Å²) in [5, 5.41) is 12.9. The van der Waals surface area contributed by atoms with Crippen LogP contribution in [0.25, 0.3) is 0 Å². The van der Waals surface area contributed by atoms with Gasteiger partial charge in [-0.15, -0.1) is 11.3 Å². The van der Waals surface area contributed by atoms with Crippen LogP contribution in [0.4, 0.5) is 5.00 Å². The summed E-state index contributed by atoms with van der Waals surface area (Å²) in [6.07, 6.45) is 0.646. The Morgan fingerprint density at radius 3 is 2.33 bits per heavy atom. The average Bonchev–Trinajstić information content (AvgIpc) is 2.99. The number of nitriles is 1. The third kappa shape index (κ3) is 4.37. The second-order valence-corrected chi connectivity index (χ2v) is 7.23. The van der Waals surface area contributed by atoms with Gasteiger partial charge >= 0.3 is 0 Å². The molecule has 0 bridgehead atoms. The van der Waals surface area contributed by atoms with Crippen LogP contribution < -0.4 is 5.32 Å². The minimum absolute atomic E-state index is 0.102. The first kappa shape index (κ1) is 20.7. The van der Waals surface area contributed by atoms with Crippen molar-refractivity contribution >= 4 is 28.2 Å². The maximum atomic E-state index is 12.8. The van der Waals surface area contributed by atoms with Gasteiger partial charge in [-0.1, -0.05) is 37.3 Å². The molecule has 1 atom stereocenters. The molecule has 5 nitrogen and oxygen atoms in total. The summed E-state index contributed by atoms with van der Waals surface area (Å²) in [4.78, 5) is 27.8. The SMILES string of the molecule is CC[C@@H](C(=O)Nc1sc(C(=O)N(CC)CC)c(C)c1C#N)c1ccccc1. The number of anilines is 1. The van der Waals surface area contributed by atoms with Crippen molar-refractivity contribution in [1.29, 1.82) is 5.26 Å². The van der Waals surface area contributed by atoms with Crippen LogP contribution in [-0.4, -0.2) is 29.8 Å². The highest BCUT2D eigenvalue weighted by atomic mass is 32.1. The average molecular weight is 384 g/mol. The molecule has 2 amide bonds. The van der Waals surface area contributed by atoms with E-state index in [4.69, 9.17) is 0 Å². The standard InChI is InChI=1S/C21H25N3O2S/c1-5-16(15-11-9-8-10-12-15)19(25)23-20-17(13-22)14(4)18(27-20)21(26)24(6-2)7-3/h8-12,16H,5-7H2,1-4H3,(H,23,25)/t16-/m1/s1. The minimum atomic E-state index is -0.304. The fourth-order valence-electron chi connectivity index (χ4n) is 3.05. The van der Waals surface area contributed by atoms with Crippen LogP contribution in [0.2, 0.25) is 0 Å². The molecule has 2 aromatic rings. The van der Waals surface area contributed by atoms with Gasteiger partial charge in [0.15, 0.2) is 0 Å². The summed E-state index contributed by atoms with van der Waals surface area (Å²) < 4.78 is 0. The van der Waals surface area contributed by atoms with E-state index in [2.05, 4.69) is 11.4 Å². The Morgan fingerprint density at radius 1 is 1.19 bits per heavy atom. The predicted octanol–water partition coefficient (Wildman–Crippen LogP) is 4.54. The van der Waals surface area contributed by atoms with Crippen molar-refractivity contribution in [3.8, 4) is 6.07 Å². The molecular weight excluding hydrogens is 358 g/mol. The van der Waals surface area contributed by atoms with Gasteiger partial charge in [-0.25, -0.2) is 0 Å². The van der Waals surface area contributed by atoms with Crippen LogP contribution in [0.15, 0.2) is 30.3 Å². The van der Waals surface area contributed by atoms with Crippen LogP contribution in [0, 0.1) is 18.3 Å². The van der Waals surface area contributed by atoms with Gasteiger partial charge in [0.25, 0.3) is 5.91 Å². The Hall–Kier alpha value is -2.65. The van der Waals surface area contributed by atoms with E-state index in [1.165, 1.54) is 11.3 Å². The number of nitrogens with one attached hydrogen (secondary N) is 1. The summed E-state index contributed by atoms with van der Waals surface area (Å²) in [5.41, 5.74) is 1.93. The van der Waals surface area contributed by atoms with E-state index in [1.54, 1.807) is 11.8 Å². The lowest BCUT2D eigenvalue weighted by molar-refractivity contribution is -0.117. The molecular formula is C21H25N3O2S. The molecule has 142 valence electrons. The molecule has 0 radical (unpaired) electrons. The number of nitrogens with zero attached hydrogens (tertiary/aromatic N) is 2. The summed E-state index contributed by atoms with van der Waals surface area (Å²) in [5.74, 6) is -0.569. The summed E-state index contributed by atoms with van der Waals surface area (Å²) in [6.45, 7) is 8.76. The highest BCUT2D eigenvalue weighted by Crippen LogP contribution is 2.34. The molecule has 0 aliphatic rings. The second-order valence-electron chi connectivity index (χ2n) is 6.21. The topological polar surface area (TPSA) is 73.2 Å².